The molecule has 150 valence electrons. The smallest absolute Gasteiger partial charge is 0.252 e. The average Bonchev–Trinajstić information content (AvgIpc) is 3.18. The molecule has 0 aliphatic carbocycles. The molecule has 0 unspecified atom stereocenters. The first-order valence-corrected chi connectivity index (χ1v) is 9.34. The lowest BCUT2D eigenvalue weighted by molar-refractivity contribution is -0.119. The fraction of sp³-hybridized carbons (Fsp3) is 0.0909. The average molecular weight is 400 g/mol. The van der Waals surface area contributed by atoms with E-state index in [1.165, 1.54) is 0 Å². The highest BCUT2D eigenvalue weighted by molar-refractivity contribution is 6.00. The summed E-state index contributed by atoms with van der Waals surface area (Å²) in [6.45, 7) is 0. The van der Waals surface area contributed by atoms with Crippen LogP contribution in [0.15, 0.2) is 67.0 Å². The number of carbonyl (C=O) groups is 2. The minimum absolute atomic E-state index is 0.278. The molecule has 0 spiro atoms. The summed E-state index contributed by atoms with van der Waals surface area (Å²) in [5.74, 6) is -0.317. The number of nitrogens with two attached hydrogens (primary N) is 2. The van der Waals surface area contributed by atoms with Gasteiger partial charge in [0.15, 0.2) is 0 Å². The van der Waals surface area contributed by atoms with Crippen molar-refractivity contribution < 1.29 is 9.59 Å². The number of imidazole rings is 1. The molecule has 4 aromatic rings. The zero-order chi connectivity index (χ0) is 21.1. The minimum Gasteiger partial charge on any atom is -0.399 e. The zero-order valence-corrected chi connectivity index (χ0v) is 16.0. The van der Waals surface area contributed by atoms with Crippen LogP contribution in [-0.2, 0) is 11.2 Å². The number of hydrogen-bond acceptors (Lipinski definition) is 5. The second-order valence-electron chi connectivity index (χ2n) is 6.93. The van der Waals surface area contributed by atoms with Crippen molar-refractivity contribution in [1.82, 2.24) is 20.3 Å². The van der Waals surface area contributed by atoms with E-state index in [1.807, 2.05) is 12.1 Å². The van der Waals surface area contributed by atoms with Crippen LogP contribution in [-0.4, -0.2) is 32.8 Å². The fourth-order valence-electron chi connectivity index (χ4n) is 3.15. The van der Waals surface area contributed by atoms with Gasteiger partial charge in [0.1, 0.15) is 11.9 Å². The van der Waals surface area contributed by atoms with Crippen LogP contribution in [0, 0.1) is 0 Å². The third-order valence-corrected chi connectivity index (χ3v) is 4.77. The molecular formula is C22H20N6O2. The number of hydrogen-bond donors (Lipinski definition) is 4. The Morgan fingerprint density at radius 2 is 1.77 bits per heavy atom. The minimum atomic E-state index is -0.842. The van der Waals surface area contributed by atoms with E-state index in [2.05, 4.69) is 20.3 Å². The van der Waals surface area contributed by atoms with Gasteiger partial charge in [-0.05, 0) is 48.0 Å². The Morgan fingerprint density at radius 3 is 2.47 bits per heavy atom. The molecule has 0 bridgehead atoms. The van der Waals surface area contributed by atoms with Gasteiger partial charge in [0, 0.05) is 35.6 Å². The molecule has 6 N–H and O–H groups in total. The zero-order valence-electron chi connectivity index (χ0n) is 16.0. The number of nitrogen functional groups attached to an aromatic ring is 1. The van der Waals surface area contributed by atoms with Gasteiger partial charge in [-0.25, -0.2) is 4.98 Å². The number of nitrogens with zero attached hydrogens (tertiary/aromatic N) is 2. The van der Waals surface area contributed by atoms with E-state index >= 15 is 0 Å². The van der Waals surface area contributed by atoms with E-state index in [-0.39, 0.29) is 6.42 Å². The normalized spacial score (nSPS) is 11.9. The molecule has 0 saturated heterocycles. The Morgan fingerprint density at radius 1 is 1.03 bits per heavy atom. The van der Waals surface area contributed by atoms with Crippen LogP contribution in [0.3, 0.4) is 0 Å². The number of nitrogens with one attached hydrogen (secondary N) is 2. The maximum atomic E-state index is 12.7. The van der Waals surface area contributed by atoms with Crippen LogP contribution >= 0.6 is 0 Å². The highest BCUT2D eigenvalue weighted by Gasteiger charge is 2.20. The van der Waals surface area contributed by atoms with Crippen molar-refractivity contribution in [2.75, 3.05) is 5.73 Å². The van der Waals surface area contributed by atoms with Gasteiger partial charge < -0.3 is 21.8 Å². The number of aromatic amines is 1. The number of primary amides is 1. The molecule has 2 heterocycles. The van der Waals surface area contributed by atoms with Gasteiger partial charge in [-0.3, -0.25) is 14.6 Å². The van der Waals surface area contributed by atoms with Gasteiger partial charge in [0.25, 0.3) is 5.91 Å². The van der Waals surface area contributed by atoms with Gasteiger partial charge in [-0.15, -0.1) is 0 Å². The Balaban J connectivity index is 1.54. The summed E-state index contributed by atoms with van der Waals surface area (Å²) in [4.78, 5) is 36.4. The number of H-pyrrole nitrogens is 1. The van der Waals surface area contributed by atoms with E-state index < -0.39 is 17.9 Å². The van der Waals surface area contributed by atoms with Crippen LogP contribution < -0.4 is 16.8 Å². The topological polar surface area (TPSA) is 140 Å². The number of anilines is 1. The lowest BCUT2D eigenvalue weighted by Crippen LogP contribution is -2.45. The van der Waals surface area contributed by atoms with Crippen LogP contribution in [0.2, 0.25) is 0 Å². The fourth-order valence-corrected chi connectivity index (χ4v) is 3.15. The molecule has 8 nitrogen and oxygen atoms in total. The molecule has 2 aromatic heterocycles. The second kappa shape index (κ2) is 8.04. The summed E-state index contributed by atoms with van der Waals surface area (Å²) in [5.41, 5.74) is 15.4. The molecule has 8 heteroatoms. The Kier molecular flexibility index (Phi) is 5.13. The summed E-state index contributed by atoms with van der Waals surface area (Å²) in [6.07, 6.45) is 3.65. The highest BCUT2D eigenvalue weighted by Crippen LogP contribution is 2.21. The summed E-state index contributed by atoms with van der Waals surface area (Å²) >= 11 is 0. The largest absolute Gasteiger partial charge is 0.399 e. The lowest BCUT2D eigenvalue weighted by Gasteiger charge is -2.16. The van der Waals surface area contributed by atoms with Crippen molar-refractivity contribution in [2.45, 2.75) is 12.5 Å². The first-order valence-electron chi connectivity index (χ1n) is 9.34. The lowest BCUT2D eigenvalue weighted by atomic mass is 10.0. The molecule has 0 saturated carbocycles. The monoisotopic (exact) mass is 400 g/mol. The molecule has 0 radical (unpaired) electrons. The first-order chi connectivity index (χ1) is 14.5. The van der Waals surface area contributed by atoms with E-state index in [0.29, 0.717) is 22.6 Å². The summed E-state index contributed by atoms with van der Waals surface area (Å²) < 4.78 is 0. The molecule has 0 aliphatic heterocycles. The van der Waals surface area contributed by atoms with Crippen molar-refractivity contribution in [1.29, 1.82) is 0 Å². The van der Waals surface area contributed by atoms with Gasteiger partial charge in [-0.2, -0.15) is 0 Å². The van der Waals surface area contributed by atoms with Crippen LogP contribution in [0.1, 0.15) is 15.9 Å². The van der Waals surface area contributed by atoms with Crippen molar-refractivity contribution in [3.05, 3.63) is 78.1 Å². The third kappa shape index (κ3) is 4.12. The summed E-state index contributed by atoms with van der Waals surface area (Å²) in [5, 5.41) is 2.71. The molecule has 2 amide bonds. The van der Waals surface area contributed by atoms with Crippen molar-refractivity contribution in [2.24, 2.45) is 5.73 Å². The first kappa shape index (κ1) is 19.1. The van der Waals surface area contributed by atoms with E-state index in [0.717, 1.165) is 16.6 Å². The standard InChI is InChI=1S/C22H20N6O2/c23-16-4-1-13(2-5-16)11-19(20(24)29)28-22(30)15-3-6-17-18(12-15)27-21(26-17)14-7-9-25-10-8-14/h1-10,12,19H,11,23H2,(H2,24,29)(H,26,27)(H,28,30)/t19-/m0/s1. The molecular weight excluding hydrogens is 380 g/mol. The predicted octanol–water partition coefficient (Wildman–Crippen LogP) is 2.03. The summed E-state index contributed by atoms with van der Waals surface area (Å²) in [7, 11) is 0. The van der Waals surface area contributed by atoms with Gasteiger partial charge in [-0.1, -0.05) is 12.1 Å². The van der Waals surface area contributed by atoms with Crippen molar-refractivity contribution >= 4 is 28.5 Å². The summed E-state index contributed by atoms with van der Waals surface area (Å²) in [6, 6.07) is 15.0. The molecule has 2 aromatic carbocycles. The Bertz CT molecular complexity index is 1200. The van der Waals surface area contributed by atoms with Crippen LogP contribution in [0.25, 0.3) is 22.4 Å². The number of carbonyl (C=O) groups excluding carboxylic acids is 2. The Hall–Kier alpha value is -4.20. The number of pyridine rings is 1. The van der Waals surface area contributed by atoms with Crippen molar-refractivity contribution in [3.63, 3.8) is 0 Å². The predicted molar refractivity (Wildman–Crippen MR) is 114 cm³/mol. The van der Waals surface area contributed by atoms with E-state index in [4.69, 9.17) is 11.5 Å². The van der Waals surface area contributed by atoms with Crippen molar-refractivity contribution in [3.8, 4) is 11.4 Å². The maximum Gasteiger partial charge on any atom is 0.252 e. The molecule has 1 atom stereocenters. The molecule has 4 rings (SSSR count). The highest BCUT2D eigenvalue weighted by atomic mass is 16.2. The van der Waals surface area contributed by atoms with Gasteiger partial charge >= 0.3 is 0 Å². The maximum absolute atomic E-state index is 12.7. The molecule has 30 heavy (non-hydrogen) atoms. The van der Waals surface area contributed by atoms with Gasteiger partial charge in [0.2, 0.25) is 5.91 Å². The number of amides is 2. The number of benzene rings is 2. The van der Waals surface area contributed by atoms with Crippen LogP contribution in [0.5, 0.6) is 0 Å². The molecule has 0 aliphatic rings. The SMILES string of the molecule is NC(=O)[C@H](Cc1ccc(N)cc1)NC(=O)c1ccc2nc(-c3ccncc3)[nH]c2c1. The number of aromatic nitrogens is 3. The number of fused-ring (bicyclic) bond motifs is 1. The Labute approximate surface area is 172 Å². The van der Waals surface area contributed by atoms with Crippen LogP contribution in [0.4, 0.5) is 5.69 Å². The number of rotatable bonds is 6. The quantitative estimate of drug-likeness (QED) is 0.367. The molecule has 0 fully saturated rings. The van der Waals surface area contributed by atoms with E-state index in [9.17, 15) is 9.59 Å². The van der Waals surface area contributed by atoms with E-state index in [1.54, 1.807) is 54.9 Å². The third-order valence-electron chi connectivity index (χ3n) is 4.77. The second-order valence-corrected chi connectivity index (χ2v) is 6.93. The van der Waals surface area contributed by atoms with Gasteiger partial charge in [0.05, 0.1) is 11.0 Å².